The fraction of sp³-hybridized carbons (Fsp3) is 0.259. The minimum Gasteiger partial charge on any atom is -0.490 e. The zero-order valence-corrected chi connectivity index (χ0v) is 17.3. The Bertz CT molecular complexity index is 1140. The van der Waals surface area contributed by atoms with Crippen molar-refractivity contribution in [2.75, 3.05) is 26.4 Å². The van der Waals surface area contributed by atoms with Gasteiger partial charge in [-0.1, -0.05) is 48.5 Å². The lowest BCUT2D eigenvalue weighted by Crippen LogP contribution is -2.04. The van der Waals surface area contributed by atoms with Crippen molar-refractivity contribution in [3.63, 3.8) is 0 Å². The van der Waals surface area contributed by atoms with E-state index in [1.165, 1.54) is 21.9 Å². The van der Waals surface area contributed by atoms with Crippen molar-refractivity contribution in [3.8, 4) is 11.5 Å². The van der Waals surface area contributed by atoms with Gasteiger partial charge in [0.25, 0.3) is 0 Å². The monoisotopic (exact) mass is 412 g/mol. The first-order valence-corrected chi connectivity index (χ1v) is 10.8. The molecular weight excluding hydrogens is 388 g/mol. The maximum Gasteiger partial charge on any atom is 0.127 e. The van der Waals surface area contributed by atoms with E-state index in [1.807, 2.05) is 24.3 Å². The van der Waals surface area contributed by atoms with Crippen LogP contribution in [0.5, 0.6) is 11.5 Å². The van der Waals surface area contributed by atoms with Gasteiger partial charge >= 0.3 is 0 Å². The summed E-state index contributed by atoms with van der Waals surface area (Å²) in [5, 5.41) is 4.67. The van der Waals surface area contributed by atoms with Gasteiger partial charge in [-0.05, 0) is 52.6 Å². The number of hydrogen-bond acceptors (Lipinski definition) is 4. The molecule has 31 heavy (non-hydrogen) atoms. The molecule has 2 unspecified atom stereocenters. The van der Waals surface area contributed by atoms with Gasteiger partial charge < -0.3 is 18.9 Å². The molecule has 0 saturated carbocycles. The molecule has 2 aliphatic heterocycles. The molecule has 0 N–H and O–H groups in total. The Morgan fingerprint density at radius 1 is 0.645 bits per heavy atom. The van der Waals surface area contributed by atoms with Crippen molar-refractivity contribution in [2.24, 2.45) is 0 Å². The molecule has 0 spiro atoms. The summed E-state index contributed by atoms with van der Waals surface area (Å²) in [7, 11) is 0. The molecule has 2 aliphatic rings. The summed E-state index contributed by atoms with van der Waals surface area (Å²) in [5.74, 6) is 1.85. The topological polar surface area (TPSA) is 43.5 Å². The molecule has 2 heterocycles. The highest BCUT2D eigenvalue weighted by molar-refractivity contribution is 5.90. The molecule has 0 aromatic heterocycles. The van der Waals surface area contributed by atoms with Gasteiger partial charge in [-0.25, -0.2) is 0 Å². The second-order valence-corrected chi connectivity index (χ2v) is 8.33. The Hall–Kier alpha value is -3.08. The largest absolute Gasteiger partial charge is 0.490 e. The Labute approximate surface area is 181 Å². The van der Waals surface area contributed by atoms with Crippen LogP contribution in [0.4, 0.5) is 0 Å². The van der Waals surface area contributed by atoms with Crippen LogP contribution < -0.4 is 9.47 Å². The van der Waals surface area contributed by atoms with Gasteiger partial charge in [-0.2, -0.15) is 0 Å². The summed E-state index contributed by atoms with van der Waals surface area (Å²) in [6.07, 6.45) is 1.35. The van der Waals surface area contributed by atoms with E-state index in [9.17, 15) is 0 Å². The lowest BCUT2D eigenvalue weighted by Gasteiger charge is -2.12. The highest BCUT2D eigenvalue weighted by Gasteiger charge is 2.24. The molecule has 2 atom stereocenters. The molecule has 0 aliphatic carbocycles. The van der Waals surface area contributed by atoms with Gasteiger partial charge in [0.05, 0.1) is 13.2 Å². The number of ether oxygens (including phenoxy) is 4. The summed E-state index contributed by atoms with van der Waals surface area (Å²) >= 11 is 0. The summed E-state index contributed by atoms with van der Waals surface area (Å²) in [6.45, 7) is 2.83. The maximum atomic E-state index is 6.02. The van der Waals surface area contributed by atoms with E-state index in [4.69, 9.17) is 18.9 Å². The molecule has 4 aromatic rings. The summed E-state index contributed by atoms with van der Waals surface area (Å²) in [5.41, 5.74) is 2.52. The minimum atomic E-state index is 0.249. The van der Waals surface area contributed by atoms with E-state index < -0.39 is 0 Å². The normalized spacial score (nSPS) is 19.5. The maximum absolute atomic E-state index is 6.02. The van der Waals surface area contributed by atoms with E-state index >= 15 is 0 Å². The van der Waals surface area contributed by atoms with Crippen LogP contribution in [0.15, 0.2) is 72.8 Å². The third-order valence-corrected chi connectivity index (χ3v) is 5.88. The van der Waals surface area contributed by atoms with Gasteiger partial charge in [0.15, 0.2) is 0 Å². The van der Waals surface area contributed by atoms with Crippen molar-refractivity contribution in [1.29, 1.82) is 0 Å². The average Bonchev–Trinajstić information content (AvgIpc) is 3.71. The van der Waals surface area contributed by atoms with Gasteiger partial charge in [-0.15, -0.1) is 0 Å². The zero-order chi connectivity index (χ0) is 20.6. The lowest BCUT2D eigenvalue weighted by molar-refractivity contribution is 0.265. The fourth-order valence-corrected chi connectivity index (χ4v) is 3.98. The van der Waals surface area contributed by atoms with Crippen LogP contribution in [0.3, 0.4) is 0 Å². The summed E-state index contributed by atoms with van der Waals surface area (Å²) < 4.78 is 22.6. The van der Waals surface area contributed by atoms with E-state index in [2.05, 4.69) is 48.5 Å². The molecule has 156 valence electrons. The standard InChI is InChI=1S/C27H24O4/c1-3-20-9-7-18(12-24(20)26(5-1)30-16-22-14-28-22)11-19-8-10-21-4-2-6-27(25(21)13-19)31-17-23-15-29-23/h1-10,12-13,22-23H,11,14-17H2. The van der Waals surface area contributed by atoms with Gasteiger partial charge in [0.2, 0.25) is 0 Å². The van der Waals surface area contributed by atoms with Crippen LogP contribution in [-0.4, -0.2) is 38.6 Å². The number of fused-ring (bicyclic) bond motifs is 2. The minimum absolute atomic E-state index is 0.249. The van der Waals surface area contributed by atoms with Crippen molar-refractivity contribution in [3.05, 3.63) is 83.9 Å². The van der Waals surface area contributed by atoms with Gasteiger partial charge in [0, 0.05) is 10.8 Å². The molecule has 0 radical (unpaired) electrons. The first kappa shape index (κ1) is 18.7. The third-order valence-electron chi connectivity index (χ3n) is 5.88. The predicted molar refractivity (Wildman–Crippen MR) is 121 cm³/mol. The second kappa shape index (κ2) is 7.88. The molecule has 2 fully saturated rings. The predicted octanol–water partition coefficient (Wildman–Crippen LogP) is 5.14. The first-order valence-electron chi connectivity index (χ1n) is 10.8. The van der Waals surface area contributed by atoms with E-state index in [0.717, 1.165) is 41.9 Å². The van der Waals surface area contributed by atoms with Crippen molar-refractivity contribution in [1.82, 2.24) is 0 Å². The van der Waals surface area contributed by atoms with Crippen LogP contribution >= 0.6 is 0 Å². The Kier molecular flexibility index (Phi) is 4.74. The summed E-state index contributed by atoms with van der Waals surface area (Å²) in [4.78, 5) is 0. The van der Waals surface area contributed by atoms with Crippen LogP contribution in [0.1, 0.15) is 11.1 Å². The number of hydrogen-bond donors (Lipinski definition) is 0. The van der Waals surface area contributed by atoms with Crippen LogP contribution in [0.2, 0.25) is 0 Å². The molecule has 0 amide bonds. The van der Waals surface area contributed by atoms with Crippen molar-refractivity contribution < 1.29 is 18.9 Å². The number of benzene rings is 4. The Morgan fingerprint density at radius 3 is 1.58 bits per heavy atom. The van der Waals surface area contributed by atoms with Crippen molar-refractivity contribution in [2.45, 2.75) is 18.6 Å². The molecule has 2 saturated heterocycles. The molecule has 0 bridgehead atoms. The average molecular weight is 412 g/mol. The lowest BCUT2D eigenvalue weighted by atomic mass is 9.98. The highest BCUT2D eigenvalue weighted by atomic mass is 16.6. The summed E-state index contributed by atoms with van der Waals surface area (Å²) in [6, 6.07) is 25.7. The second-order valence-electron chi connectivity index (χ2n) is 8.33. The SMILES string of the molecule is c1cc(OCC2CO2)c2cc(Cc3ccc4cccc(OCC5CO5)c4c3)ccc2c1. The third kappa shape index (κ3) is 4.22. The Morgan fingerprint density at radius 2 is 1.13 bits per heavy atom. The van der Waals surface area contributed by atoms with Crippen molar-refractivity contribution >= 4 is 21.5 Å². The Balaban J connectivity index is 1.28. The molecule has 4 nitrogen and oxygen atoms in total. The van der Waals surface area contributed by atoms with E-state index in [1.54, 1.807) is 0 Å². The smallest absolute Gasteiger partial charge is 0.127 e. The quantitative estimate of drug-likeness (QED) is 0.376. The van der Waals surface area contributed by atoms with Crippen LogP contribution in [-0.2, 0) is 15.9 Å². The van der Waals surface area contributed by atoms with E-state index in [0.29, 0.717) is 13.2 Å². The molecular formula is C27H24O4. The van der Waals surface area contributed by atoms with Crippen LogP contribution in [0.25, 0.3) is 21.5 Å². The molecule has 4 heteroatoms. The van der Waals surface area contributed by atoms with E-state index in [-0.39, 0.29) is 12.2 Å². The zero-order valence-electron chi connectivity index (χ0n) is 17.3. The van der Waals surface area contributed by atoms with Gasteiger partial charge in [0.1, 0.15) is 36.9 Å². The molecule has 4 aromatic carbocycles. The fourth-order valence-electron chi connectivity index (χ4n) is 3.98. The number of rotatable bonds is 8. The van der Waals surface area contributed by atoms with Crippen LogP contribution in [0, 0.1) is 0 Å². The number of epoxide rings is 2. The first-order chi connectivity index (χ1) is 15.3. The molecule has 6 rings (SSSR count). The highest BCUT2D eigenvalue weighted by Crippen LogP contribution is 2.31. The van der Waals surface area contributed by atoms with Gasteiger partial charge in [-0.3, -0.25) is 0 Å².